The first-order valence-corrected chi connectivity index (χ1v) is 10.1. The minimum Gasteiger partial charge on any atom is -0.366 e. The van der Waals surface area contributed by atoms with Crippen LogP contribution in [0.3, 0.4) is 0 Å². The minimum atomic E-state index is -0.755. The fraction of sp³-hybridized carbons (Fsp3) is 0.200. The number of carbonyl (C=O) groups is 1. The van der Waals surface area contributed by atoms with Crippen LogP contribution in [0.4, 0.5) is 5.69 Å². The van der Waals surface area contributed by atoms with Gasteiger partial charge in [0.05, 0.1) is 26.4 Å². The van der Waals surface area contributed by atoms with Crippen molar-refractivity contribution in [2.75, 3.05) is 0 Å². The highest BCUT2D eigenvalue weighted by Gasteiger charge is 2.33. The maximum Gasteiger partial charge on any atom is 0.271 e. The number of non-ortho nitro benzene ring substituents is 1. The van der Waals surface area contributed by atoms with Gasteiger partial charge in [0, 0.05) is 30.9 Å². The second-order valence-corrected chi connectivity index (χ2v) is 8.15. The van der Waals surface area contributed by atoms with E-state index in [1.54, 1.807) is 50.0 Å². The minimum absolute atomic E-state index is 0.0720. The zero-order valence-corrected chi connectivity index (χ0v) is 17.7. The monoisotopic (exact) mass is 438 g/mol. The Balaban J connectivity index is 1.98. The van der Waals surface area contributed by atoms with Gasteiger partial charge in [0.25, 0.3) is 11.2 Å². The number of nitro groups is 1. The lowest BCUT2D eigenvalue weighted by atomic mass is 9.96. The average Bonchev–Trinajstić information content (AvgIpc) is 3.18. The fourth-order valence-corrected chi connectivity index (χ4v) is 4.74. The van der Waals surface area contributed by atoms with Crippen LogP contribution >= 0.6 is 11.3 Å². The number of primary amides is 1. The van der Waals surface area contributed by atoms with Crippen molar-refractivity contribution < 1.29 is 9.72 Å². The summed E-state index contributed by atoms with van der Waals surface area (Å²) in [5.74, 6) is -0.664. The Morgan fingerprint density at radius 2 is 2.10 bits per heavy atom. The number of aryl methyl sites for hydroxylation is 2. The van der Waals surface area contributed by atoms with Crippen LogP contribution in [0.15, 0.2) is 51.5 Å². The molecule has 0 aliphatic carbocycles. The van der Waals surface area contributed by atoms with E-state index in [1.807, 2.05) is 0 Å². The van der Waals surface area contributed by atoms with E-state index in [4.69, 9.17) is 5.73 Å². The van der Waals surface area contributed by atoms with Crippen molar-refractivity contribution in [3.8, 4) is 0 Å². The smallest absolute Gasteiger partial charge is 0.271 e. The van der Waals surface area contributed by atoms with Gasteiger partial charge in [-0.3, -0.25) is 29.0 Å². The highest BCUT2D eigenvalue weighted by Crippen LogP contribution is 2.30. The van der Waals surface area contributed by atoms with Crippen LogP contribution in [-0.2, 0) is 11.8 Å². The molecule has 1 aromatic carbocycles. The normalized spacial score (nSPS) is 16.2. The molecular weight excluding hydrogens is 420 g/mol. The molecule has 11 heteroatoms. The predicted molar refractivity (Wildman–Crippen MR) is 114 cm³/mol. The molecule has 2 aromatic heterocycles. The van der Waals surface area contributed by atoms with Gasteiger partial charge in [-0.1, -0.05) is 23.5 Å². The first-order valence-electron chi connectivity index (χ1n) is 9.24. The van der Waals surface area contributed by atoms with Gasteiger partial charge in [0.1, 0.15) is 6.04 Å². The van der Waals surface area contributed by atoms with Crippen LogP contribution in [0.5, 0.6) is 0 Å². The van der Waals surface area contributed by atoms with Gasteiger partial charge in [0.2, 0.25) is 5.91 Å². The number of hydrogen-bond donors (Lipinski definition) is 1. The van der Waals surface area contributed by atoms with Gasteiger partial charge in [-0.05, 0) is 25.5 Å². The van der Waals surface area contributed by atoms with Crippen LogP contribution in [0, 0.1) is 17.0 Å². The van der Waals surface area contributed by atoms with E-state index < -0.39 is 16.9 Å². The third kappa shape index (κ3) is 3.48. The van der Waals surface area contributed by atoms with Crippen molar-refractivity contribution in [1.29, 1.82) is 0 Å². The van der Waals surface area contributed by atoms with Gasteiger partial charge in [-0.2, -0.15) is 5.10 Å². The number of thiazole rings is 1. The predicted octanol–water partition coefficient (Wildman–Crippen LogP) is 0.671. The first-order chi connectivity index (χ1) is 14.7. The summed E-state index contributed by atoms with van der Waals surface area (Å²) in [4.78, 5) is 41.1. The zero-order chi connectivity index (χ0) is 22.4. The summed E-state index contributed by atoms with van der Waals surface area (Å²) in [5.41, 5.74) is 7.73. The van der Waals surface area contributed by atoms with Crippen LogP contribution in [0.1, 0.15) is 29.8 Å². The largest absolute Gasteiger partial charge is 0.366 e. The molecule has 4 rings (SSSR count). The number of fused-ring (bicyclic) bond motifs is 1. The number of allylic oxidation sites excluding steroid dienone is 1. The molecule has 0 radical (unpaired) electrons. The Morgan fingerprint density at radius 1 is 1.35 bits per heavy atom. The molecule has 0 bridgehead atoms. The van der Waals surface area contributed by atoms with E-state index in [1.165, 1.54) is 16.7 Å². The van der Waals surface area contributed by atoms with Crippen molar-refractivity contribution >= 4 is 29.0 Å². The molecule has 1 aliphatic heterocycles. The molecule has 0 saturated heterocycles. The molecular formula is C20H18N6O4S. The Kier molecular flexibility index (Phi) is 4.90. The van der Waals surface area contributed by atoms with E-state index in [0.717, 1.165) is 11.3 Å². The third-order valence-electron chi connectivity index (χ3n) is 5.01. The van der Waals surface area contributed by atoms with Gasteiger partial charge >= 0.3 is 0 Å². The number of carbonyl (C=O) groups excluding carboxylic acids is 1. The van der Waals surface area contributed by atoms with E-state index in [9.17, 15) is 19.7 Å². The average molecular weight is 438 g/mol. The Morgan fingerprint density at radius 3 is 2.71 bits per heavy atom. The Hall–Kier alpha value is -3.86. The number of nitro benzene ring substituents is 1. The molecule has 1 atom stereocenters. The van der Waals surface area contributed by atoms with Crippen LogP contribution in [0.2, 0.25) is 0 Å². The number of nitrogens with two attached hydrogens (primary N) is 1. The molecule has 10 nitrogen and oxygen atoms in total. The summed E-state index contributed by atoms with van der Waals surface area (Å²) < 4.78 is 3.38. The lowest BCUT2D eigenvalue weighted by Crippen LogP contribution is -2.40. The molecule has 158 valence electrons. The lowest BCUT2D eigenvalue weighted by molar-refractivity contribution is -0.384. The molecule has 0 fully saturated rings. The van der Waals surface area contributed by atoms with Crippen molar-refractivity contribution in [2.24, 2.45) is 17.8 Å². The SMILES string of the molecule is CC1=C(C(N)=O)[C@@H](c2cn(C)nc2C)n2c(s/c(=C/c3cccc([N+](=O)[O-])c3)c2=O)=N1. The van der Waals surface area contributed by atoms with Crippen molar-refractivity contribution in [2.45, 2.75) is 19.9 Å². The quantitative estimate of drug-likeness (QED) is 0.471. The van der Waals surface area contributed by atoms with Crippen molar-refractivity contribution in [3.05, 3.63) is 88.4 Å². The summed E-state index contributed by atoms with van der Waals surface area (Å²) in [7, 11) is 1.75. The van der Waals surface area contributed by atoms with Crippen molar-refractivity contribution in [1.82, 2.24) is 14.3 Å². The highest BCUT2D eigenvalue weighted by atomic mass is 32.1. The molecule has 0 unspecified atom stereocenters. The Bertz CT molecular complexity index is 1460. The zero-order valence-electron chi connectivity index (χ0n) is 16.9. The fourth-order valence-electron chi connectivity index (χ4n) is 3.70. The topological polar surface area (TPSA) is 138 Å². The second-order valence-electron chi connectivity index (χ2n) is 7.14. The summed E-state index contributed by atoms with van der Waals surface area (Å²) in [5, 5.41) is 15.4. The van der Waals surface area contributed by atoms with Gasteiger partial charge < -0.3 is 5.73 Å². The highest BCUT2D eigenvalue weighted by molar-refractivity contribution is 7.07. The molecule has 1 aliphatic rings. The number of rotatable bonds is 4. The summed E-state index contributed by atoms with van der Waals surface area (Å²) in [6.45, 7) is 3.47. The molecule has 0 spiro atoms. The molecule has 31 heavy (non-hydrogen) atoms. The van der Waals surface area contributed by atoms with Crippen LogP contribution in [-0.4, -0.2) is 25.2 Å². The maximum absolute atomic E-state index is 13.4. The molecule has 1 amide bonds. The van der Waals surface area contributed by atoms with Gasteiger partial charge in [-0.15, -0.1) is 0 Å². The third-order valence-corrected chi connectivity index (χ3v) is 5.99. The summed E-state index contributed by atoms with van der Waals surface area (Å²) in [6.07, 6.45) is 3.33. The van der Waals surface area contributed by atoms with Crippen LogP contribution < -0.4 is 20.6 Å². The number of benzene rings is 1. The summed E-state index contributed by atoms with van der Waals surface area (Å²) in [6, 6.07) is 5.24. The van der Waals surface area contributed by atoms with Gasteiger partial charge in [-0.25, -0.2) is 4.99 Å². The Labute approximate surface area is 179 Å². The standard InChI is InChI=1S/C20H18N6O4S/c1-10-14(9-24(3)23-10)17-16(18(21)27)11(2)22-20-25(17)19(28)15(31-20)8-12-5-4-6-13(7-12)26(29)30/h4-9,17H,1-3H3,(H2,21,27)/b15-8+/t17-/m1/s1. The number of nitrogens with zero attached hydrogens (tertiary/aromatic N) is 5. The molecule has 3 aromatic rings. The number of hydrogen-bond acceptors (Lipinski definition) is 7. The van der Waals surface area contributed by atoms with Crippen LogP contribution in [0.25, 0.3) is 6.08 Å². The lowest BCUT2D eigenvalue weighted by Gasteiger charge is -2.23. The maximum atomic E-state index is 13.4. The summed E-state index contributed by atoms with van der Waals surface area (Å²) >= 11 is 1.14. The van der Waals surface area contributed by atoms with E-state index in [2.05, 4.69) is 10.1 Å². The van der Waals surface area contributed by atoms with E-state index >= 15 is 0 Å². The molecule has 3 heterocycles. The number of amides is 1. The molecule has 0 saturated carbocycles. The molecule has 2 N–H and O–H groups in total. The van der Waals surface area contributed by atoms with E-state index in [0.29, 0.717) is 31.9 Å². The van der Waals surface area contributed by atoms with Crippen molar-refractivity contribution in [3.63, 3.8) is 0 Å². The van der Waals surface area contributed by atoms with Gasteiger partial charge in [0.15, 0.2) is 4.80 Å². The second kappa shape index (κ2) is 7.43. The van der Waals surface area contributed by atoms with E-state index in [-0.39, 0.29) is 16.8 Å². The first kappa shape index (κ1) is 20.4. The number of aromatic nitrogens is 3.